The molecule has 1 N–H and O–H groups in total. The summed E-state index contributed by atoms with van der Waals surface area (Å²) in [5, 5.41) is 4.06. The van der Waals surface area contributed by atoms with Crippen molar-refractivity contribution >= 4 is 33.7 Å². The van der Waals surface area contributed by atoms with E-state index in [4.69, 9.17) is 11.6 Å². The second-order valence-electron chi connectivity index (χ2n) is 7.59. The number of carbonyl (C=O) groups is 1. The van der Waals surface area contributed by atoms with Gasteiger partial charge in [-0.15, -0.1) is 0 Å². The molecular weight excluding hydrogens is 503 g/mol. The molecule has 0 radical (unpaired) electrons. The Morgan fingerprint density at radius 2 is 1.66 bits per heavy atom. The average Bonchev–Trinajstić information content (AvgIpc) is 2.80. The first-order valence-electron chi connectivity index (χ1n) is 10.3. The number of rotatable bonds is 8. The van der Waals surface area contributed by atoms with Crippen molar-refractivity contribution in [1.82, 2.24) is 9.73 Å². The van der Waals surface area contributed by atoms with Crippen molar-refractivity contribution in [3.63, 3.8) is 0 Å². The number of amides is 1. The molecule has 0 saturated heterocycles. The SMILES string of the molecule is Cc1ccc(S(=O)(=O)N(CC(=O)N/N=C/c2ccccc2C(F)(F)F)Cc2ccc(Cl)cc2)cc1. The molecule has 1 amide bonds. The van der Waals surface area contributed by atoms with E-state index in [2.05, 4.69) is 10.5 Å². The minimum Gasteiger partial charge on any atom is -0.272 e. The number of nitrogens with one attached hydrogen (secondary N) is 1. The molecule has 11 heteroatoms. The summed E-state index contributed by atoms with van der Waals surface area (Å²) in [6, 6.07) is 17.3. The summed E-state index contributed by atoms with van der Waals surface area (Å²) in [6.07, 6.45) is -3.73. The lowest BCUT2D eigenvalue weighted by Gasteiger charge is -2.21. The van der Waals surface area contributed by atoms with E-state index in [-0.39, 0.29) is 17.0 Å². The fourth-order valence-electron chi connectivity index (χ4n) is 3.12. The van der Waals surface area contributed by atoms with E-state index in [1.165, 1.54) is 30.3 Å². The molecule has 6 nitrogen and oxygen atoms in total. The molecule has 0 aromatic heterocycles. The molecule has 0 atom stereocenters. The van der Waals surface area contributed by atoms with Gasteiger partial charge in [0.25, 0.3) is 5.91 Å². The number of hydrazone groups is 1. The van der Waals surface area contributed by atoms with Crippen molar-refractivity contribution in [3.05, 3.63) is 100 Å². The predicted octanol–water partition coefficient (Wildman–Crippen LogP) is 5.01. The van der Waals surface area contributed by atoms with E-state index in [1.807, 2.05) is 6.92 Å². The number of alkyl halides is 3. The van der Waals surface area contributed by atoms with Gasteiger partial charge in [-0.2, -0.15) is 22.6 Å². The Bertz CT molecular complexity index is 1310. The first-order chi connectivity index (χ1) is 16.5. The van der Waals surface area contributed by atoms with Gasteiger partial charge in [0.05, 0.1) is 23.2 Å². The molecule has 0 fully saturated rings. The second kappa shape index (κ2) is 11.0. The fraction of sp³-hybridized carbons (Fsp3) is 0.167. The van der Waals surface area contributed by atoms with Gasteiger partial charge in [-0.3, -0.25) is 4.79 Å². The zero-order valence-electron chi connectivity index (χ0n) is 18.5. The molecule has 3 aromatic carbocycles. The molecule has 0 heterocycles. The number of sulfonamides is 1. The van der Waals surface area contributed by atoms with Crippen LogP contribution in [0.4, 0.5) is 13.2 Å². The van der Waals surface area contributed by atoms with Crippen molar-refractivity contribution in [2.75, 3.05) is 6.54 Å². The van der Waals surface area contributed by atoms with Crippen LogP contribution in [0.5, 0.6) is 0 Å². The third-order valence-electron chi connectivity index (χ3n) is 4.91. The summed E-state index contributed by atoms with van der Waals surface area (Å²) in [4.78, 5) is 12.5. The van der Waals surface area contributed by atoms with Crippen LogP contribution >= 0.6 is 11.6 Å². The Hall–Kier alpha value is -3.21. The van der Waals surface area contributed by atoms with Gasteiger partial charge in [-0.25, -0.2) is 13.8 Å². The van der Waals surface area contributed by atoms with Crippen LogP contribution in [0.1, 0.15) is 22.3 Å². The Labute approximate surface area is 206 Å². The van der Waals surface area contributed by atoms with E-state index >= 15 is 0 Å². The Morgan fingerprint density at radius 3 is 2.29 bits per heavy atom. The lowest BCUT2D eigenvalue weighted by molar-refractivity contribution is -0.137. The van der Waals surface area contributed by atoms with Crippen LogP contribution in [0, 0.1) is 6.92 Å². The maximum absolute atomic E-state index is 13.3. The molecule has 0 unspecified atom stereocenters. The van der Waals surface area contributed by atoms with Crippen molar-refractivity contribution in [2.45, 2.75) is 24.5 Å². The van der Waals surface area contributed by atoms with Gasteiger partial charge in [0.15, 0.2) is 0 Å². The summed E-state index contributed by atoms with van der Waals surface area (Å²) >= 11 is 5.90. The van der Waals surface area contributed by atoms with Gasteiger partial charge in [0, 0.05) is 17.1 Å². The normalized spacial score (nSPS) is 12.3. The lowest BCUT2D eigenvalue weighted by Crippen LogP contribution is -2.39. The summed E-state index contributed by atoms with van der Waals surface area (Å²) in [7, 11) is -4.09. The molecule has 0 bridgehead atoms. The van der Waals surface area contributed by atoms with Gasteiger partial charge < -0.3 is 0 Å². The molecule has 0 aliphatic rings. The molecule has 35 heavy (non-hydrogen) atoms. The molecule has 0 aliphatic carbocycles. The maximum Gasteiger partial charge on any atom is 0.417 e. The summed E-state index contributed by atoms with van der Waals surface area (Å²) < 4.78 is 66.8. The predicted molar refractivity (Wildman–Crippen MR) is 127 cm³/mol. The standard InChI is InChI=1S/C24H21ClF3N3O3S/c1-17-6-12-21(13-7-17)35(33,34)31(15-18-8-10-20(25)11-9-18)16-23(32)30-29-14-19-4-2-3-5-22(19)24(26,27)28/h2-14H,15-16H2,1H3,(H,30,32)/b29-14+. The zero-order valence-corrected chi connectivity index (χ0v) is 20.0. The summed E-state index contributed by atoms with van der Waals surface area (Å²) in [5.74, 6) is -0.824. The number of halogens is 4. The van der Waals surface area contributed by atoms with E-state index in [0.717, 1.165) is 22.1 Å². The first kappa shape index (κ1) is 26.4. The highest BCUT2D eigenvalue weighted by atomic mass is 35.5. The van der Waals surface area contributed by atoms with Crippen molar-refractivity contribution in [1.29, 1.82) is 0 Å². The number of aryl methyl sites for hydroxylation is 1. The van der Waals surface area contributed by atoms with Gasteiger partial charge in [0.1, 0.15) is 0 Å². The van der Waals surface area contributed by atoms with Crippen LogP contribution in [0.15, 0.2) is 82.8 Å². The number of hydrogen-bond donors (Lipinski definition) is 1. The maximum atomic E-state index is 13.3. The van der Waals surface area contributed by atoms with Gasteiger partial charge in [-0.05, 0) is 42.8 Å². The number of nitrogens with zero attached hydrogens (tertiary/aromatic N) is 2. The third kappa shape index (κ3) is 7.14. The quantitative estimate of drug-likeness (QED) is 0.333. The van der Waals surface area contributed by atoms with Gasteiger partial charge >= 0.3 is 6.18 Å². The van der Waals surface area contributed by atoms with E-state index < -0.39 is 34.2 Å². The molecule has 0 spiro atoms. The number of carbonyl (C=O) groups excluding carboxylic acids is 1. The molecule has 0 saturated carbocycles. The molecular formula is C24H21ClF3N3O3S. The highest BCUT2D eigenvalue weighted by Gasteiger charge is 2.32. The van der Waals surface area contributed by atoms with Crippen LogP contribution in [0.3, 0.4) is 0 Å². The van der Waals surface area contributed by atoms with Crippen LogP contribution in [0.25, 0.3) is 0 Å². The largest absolute Gasteiger partial charge is 0.417 e. The number of hydrogen-bond acceptors (Lipinski definition) is 4. The lowest BCUT2D eigenvalue weighted by atomic mass is 10.1. The highest BCUT2D eigenvalue weighted by Crippen LogP contribution is 2.31. The van der Waals surface area contributed by atoms with Gasteiger partial charge in [-0.1, -0.05) is 59.6 Å². The highest BCUT2D eigenvalue weighted by molar-refractivity contribution is 7.89. The Morgan fingerprint density at radius 1 is 1.03 bits per heavy atom. The Balaban J connectivity index is 1.81. The van der Waals surface area contributed by atoms with Gasteiger partial charge in [0.2, 0.25) is 10.0 Å². The van der Waals surface area contributed by atoms with E-state index in [9.17, 15) is 26.4 Å². The average molecular weight is 524 g/mol. The minimum absolute atomic E-state index is 0.00697. The van der Waals surface area contributed by atoms with Crippen molar-refractivity contribution < 1.29 is 26.4 Å². The minimum atomic E-state index is -4.59. The summed E-state index contributed by atoms with van der Waals surface area (Å²) in [5.41, 5.74) is 2.39. The van der Waals surface area contributed by atoms with Crippen LogP contribution in [-0.2, 0) is 27.5 Å². The Kier molecular flexibility index (Phi) is 8.31. The van der Waals surface area contributed by atoms with Crippen molar-refractivity contribution in [3.8, 4) is 0 Å². The molecule has 3 rings (SSSR count). The van der Waals surface area contributed by atoms with Crippen LogP contribution in [0.2, 0.25) is 5.02 Å². The second-order valence-corrected chi connectivity index (χ2v) is 9.97. The fourth-order valence-corrected chi connectivity index (χ4v) is 4.63. The molecule has 0 aliphatic heterocycles. The van der Waals surface area contributed by atoms with E-state index in [0.29, 0.717) is 10.6 Å². The topological polar surface area (TPSA) is 78.8 Å². The van der Waals surface area contributed by atoms with E-state index in [1.54, 1.807) is 36.4 Å². The zero-order chi connectivity index (χ0) is 25.6. The van der Waals surface area contributed by atoms with Crippen LogP contribution < -0.4 is 5.43 Å². The summed E-state index contributed by atoms with van der Waals surface area (Å²) in [6.45, 7) is 1.06. The smallest absolute Gasteiger partial charge is 0.272 e. The first-order valence-corrected chi connectivity index (χ1v) is 12.1. The van der Waals surface area contributed by atoms with Crippen LogP contribution in [-0.4, -0.2) is 31.4 Å². The number of benzene rings is 3. The third-order valence-corrected chi connectivity index (χ3v) is 6.97. The molecule has 184 valence electrons. The molecule has 3 aromatic rings. The monoisotopic (exact) mass is 523 g/mol. The van der Waals surface area contributed by atoms with Crippen molar-refractivity contribution in [2.24, 2.45) is 5.10 Å².